The first-order valence-corrected chi connectivity index (χ1v) is 5.73. The molecule has 0 amide bonds. The van der Waals surface area contributed by atoms with Crippen molar-refractivity contribution in [2.45, 2.75) is 26.5 Å². The van der Waals surface area contributed by atoms with E-state index in [1.165, 1.54) is 11.5 Å². The predicted molar refractivity (Wildman–Crippen MR) is 61.7 cm³/mol. The van der Waals surface area contributed by atoms with Gasteiger partial charge >= 0.3 is 0 Å². The first-order valence-electron chi connectivity index (χ1n) is 4.96. The van der Waals surface area contributed by atoms with Crippen LogP contribution in [0.3, 0.4) is 0 Å². The molecule has 0 aromatic carbocycles. The number of nitrogen functional groups attached to an aromatic ring is 1. The van der Waals surface area contributed by atoms with Gasteiger partial charge in [0.05, 0.1) is 12.7 Å². The van der Waals surface area contributed by atoms with E-state index in [9.17, 15) is 0 Å². The van der Waals surface area contributed by atoms with Crippen LogP contribution in [0.25, 0.3) is 0 Å². The van der Waals surface area contributed by atoms with Gasteiger partial charge in [-0.3, -0.25) is 4.90 Å². The summed E-state index contributed by atoms with van der Waals surface area (Å²) in [6.45, 7) is 6.38. The maximum Gasteiger partial charge on any atom is 0.132 e. The van der Waals surface area contributed by atoms with Crippen molar-refractivity contribution in [3.8, 4) is 0 Å². The lowest BCUT2D eigenvalue weighted by molar-refractivity contribution is 0.0625. The third-order valence-electron chi connectivity index (χ3n) is 1.93. The van der Waals surface area contributed by atoms with Crippen LogP contribution in [0.2, 0.25) is 0 Å². The van der Waals surface area contributed by atoms with Crippen molar-refractivity contribution >= 4 is 16.5 Å². The van der Waals surface area contributed by atoms with E-state index in [1.807, 2.05) is 20.9 Å². The summed E-state index contributed by atoms with van der Waals surface area (Å²) < 4.78 is 9.25. The second kappa shape index (κ2) is 5.99. The molecule has 15 heavy (non-hydrogen) atoms. The minimum atomic E-state index is 0.282. The Balaban J connectivity index is 2.24. The van der Waals surface area contributed by atoms with Crippen LogP contribution < -0.4 is 5.73 Å². The fourth-order valence-corrected chi connectivity index (χ4v) is 1.54. The molecule has 0 aliphatic rings. The number of nitrogens with two attached hydrogens (primary N) is 1. The Morgan fingerprint density at radius 1 is 1.53 bits per heavy atom. The summed E-state index contributed by atoms with van der Waals surface area (Å²) in [5.41, 5.74) is 6.56. The summed E-state index contributed by atoms with van der Waals surface area (Å²) in [6.07, 6.45) is 0.282. The summed E-state index contributed by atoms with van der Waals surface area (Å²) in [5, 5.41) is 4.66. The fraction of sp³-hybridized carbons (Fsp3) is 0.778. The lowest BCUT2D eigenvalue weighted by Gasteiger charge is -2.16. The van der Waals surface area contributed by atoms with Crippen LogP contribution in [-0.4, -0.2) is 40.8 Å². The topological polar surface area (TPSA) is 64.3 Å². The Morgan fingerprint density at radius 3 is 2.80 bits per heavy atom. The van der Waals surface area contributed by atoms with E-state index in [0.717, 1.165) is 25.4 Å². The summed E-state index contributed by atoms with van der Waals surface area (Å²) in [4.78, 5) is 2.12. The Bertz CT molecular complexity index is 289. The molecule has 1 aromatic rings. The average molecular weight is 230 g/mol. The lowest BCUT2D eigenvalue weighted by Crippen LogP contribution is -2.24. The van der Waals surface area contributed by atoms with Crippen molar-refractivity contribution in [3.05, 3.63) is 5.69 Å². The van der Waals surface area contributed by atoms with Gasteiger partial charge in [0.15, 0.2) is 0 Å². The molecule has 0 atom stereocenters. The highest BCUT2D eigenvalue weighted by atomic mass is 32.1. The van der Waals surface area contributed by atoms with Crippen LogP contribution in [0.4, 0.5) is 5.00 Å². The molecule has 0 saturated carbocycles. The van der Waals surface area contributed by atoms with Crippen LogP contribution in [0.5, 0.6) is 0 Å². The maximum absolute atomic E-state index is 5.70. The van der Waals surface area contributed by atoms with Gasteiger partial charge in [-0.25, -0.2) is 0 Å². The Labute approximate surface area is 94.4 Å². The van der Waals surface area contributed by atoms with Gasteiger partial charge in [-0.05, 0) is 20.9 Å². The zero-order valence-electron chi connectivity index (χ0n) is 9.43. The number of rotatable bonds is 6. The highest BCUT2D eigenvalue weighted by Crippen LogP contribution is 2.13. The molecule has 0 fully saturated rings. The van der Waals surface area contributed by atoms with Gasteiger partial charge in [0.2, 0.25) is 0 Å². The molecule has 1 rings (SSSR count). The van der Waals surface area contributed by atoms with Gasteiger partial charge in [-0.2, -0.15) is 0 Å². The Hall–Kier alpha value is -0.720. The van der Waals surface area contributed by atoms with Crippen LogP contribution >= 0.6 is 11.5 Å². The molecular formula is C9H18N4OS. The average Bonchev–Trinajstić information content (AvgIpc) is 2.51. The van der Waals surface area contributed by atoms with Crippen molar-refractivity contribution < 1.29 is 4.74 Å². The quantitative estimate of drug-likeness (QED) is 0.789. The largest absolute Gasteiger partial charge is 0.388 e. The van der Waals surface area contributed by atoms with Gasteiger partial charge in [0.25, 0.3) is 0 Å². The van der Waals surface area contributed by atoms with Gasteiger partial charge in [0.1, 0.15) is 10.7 Å². The van der Waals surface area contributed by atoms with Crippen molar-refractivity contribution in [2.75, 3.05) is 25.9 Å². The van der Waals surface area contributed by atoms with Crippen molar-refractivity contribution in [3.63, 3.8) is 0 Å². The molecule has 0 aliphatic carbocycles. The van der Waals surface area contributed by atoms with Gasteiger partial charge in [-0.1, -0.05) is 4.49 Å². The minimum absolute atomic E-state index is 0.282. The monoisotopic (exact) mass is 230 g/mol. The highest BCUT2D eigenvalue weighted by Gasteiger charge is 2.07. The van der Waals surface area contributed by atoms with Crippen molar-refractivity contribution in [1.82, 2.24) is 14.5 Å². The van der Waals surface area contributed by atoms with E-state index >= 15 is 0 Å². The number of anilines is 1. The molecule has 0 unspecified atom stereocenters. The van der Waals surface area contributed by atoms with Gasteiger partial charge < -0.3 is 10.5 Å². The van der Waals surface area contributed by atoms with Crippen LogP contribution in [0.15, 0.2) is 0 Å². The first-order chi connectivity index (χ1) is 7.09. The summed E-state index contributed by atoms with van der Waals surface area (Å²) in [6, 6.07) is 0. The van der Waals surface area contributed by atoms with E-state index in [2.05, 4.69) is 14.5 Å². The van der Waals surface area contributed by atoms with Crippen molar-refractivity contribution in [1.29, 1.82) is 0 Å². The molecular weight excluding hydrogens is 212 g/mol. The van der Waals surface area contributed by atoms with Crippen LogP contribution in [0, 0.1) is 0 Å². The van der Waals surface area contributed by atoms with Crippen LogP contribution in [0.1, 0.15) is 19.5 Å². The fourth-order valence-electron chi connectivity index (χ4n) is 1.10. The smallest absolute Gasteiger partial charge is 0.132 e. The summed E-state index contributed by atoms with van der Waals surface area (Å²) in [7, 11) is 2.02. The lowest BCUT2D eigenvalue weighted by atomic mass is 10.4. The Kier molecular flexibility index (Phi) is 4.93. The minimum Gasteiger partial charge on any atom is -0.388 e. The number of nitrogens with zero attached hydrogens (tertiary/aromatic N) is 3. The van der Waals surface area contributed by atoms with E-state index in [-0.39, 0.29) is 6.10 Å². The third-order valence-corrected chi connectivity index (χ3v) is 2.52. The summed E-state index contributed by atoms with van der Waals surface area (Å²) in [5.74, 6) is 0. The number of hydrogen-bond acceptors (Lipinski definition) is 6. The summed E-state index contributed by atoms with van der Waals surface area (Å²) >= 11 is 1.23. The second-order valence-corrected chi connectivity index (χ2v) is 4.53. The number of likely N-dealkylation sites (N-methyl/N-ethyl adjacent to an activating group) is 1. The van der Waals surface area contributed by atoms with E-state index in [0.29, 0.717) is 5.00 Å². The molecule has 0 radical (unpaired) electrons. The number of ether oxygens (including phenoxy) is 1. The first kappa shape index (κ1) is 12.4. The van der Waals surface area contributed by atoms with Gasteiger partial charge in [0, 0.05) is 24.6 Å². The molecule has 5 nitrogen and oxygen atoms in total. The Morgan fingerprint density at radius 2 is 2.27 bits per heavy atom. The molecule has 6 heteroatoms. The van der Waals surface area contributed by atoms with E-state index < -0.39 is 0 Å². The molecule has 1 heterocycles. The van der Waals surface area contributed by atoms with E-state index in [4.69, 9.17) is 10.5 Å². The molecule has 0 aliphatic heterocycles. The molecule has 0 spiro atoms. The predicted octanol–water partition coefficient (Wildman–Crippen LogP) is 0.977. The third kappa shape index (κ3) is 4.55. The second-order valence-electron chi connectivity index (χ2n) is 3.74. The normalized spacial score (nSPS) is 11.5. The maximum atomic E-state index is 5.70. The van der Waals surface area contributed by atoms with Crippen molar-refractivity contribution in [2.24, 2.45) is 0 Å². The zero-order chi connectivity index (χ0) is 11.3. The SMILES string of the molecule is CC(C)OCCN(C)Cc1nnsc1N. The molecule has 0 bridgehead atoms. The number of hydrogen-bond donors (Lipinski definition) is 1. The molecule has 1 aromatic heterocycles. The molecule has 86 valence electrons. The van der Waals surface area contributed by atoms with Crippen LogP contribution in [-0.2, 0) is 11.3 Å². The number of aromatic nitrogens is 2. The standard InChI is InChI=1S/C9H18N4OS/c1-7(2)14-5-4-13(3)6-8-9(10)15-12-11-8/h7H,4-6,10H2,1-3H3. The van der Waals surface area contributed by atoms with Gasteiger partial charge in [-0.15, -0.1) is 5.10 Å². The van der Waals surface area contributed by atoms with E-state index in [1.54, 1.807) is 0 Å². The molecule has 0 saturated heterocycles. The molecule has 2 N–H and O–H groups in total. The highest BCUT2D eigenvalue weighted by molar-refractivity contribution is 7.09. The zero-order valence-corrected chi connectivity index (χ0v) is 10.3.